The zero-order valence-electron chi connectivity index (χ0n) is 8.82. The van der Waals surface area contributed by atoms with E-state index in [1.165, 1.54) is 0 Å². The van der Waals surface area contributed by atoms with Gasteiger partial charge in [-0.3, -0.25) is 4.68 Å². The standard InChI is InChI=1S/C9H17N3OS/c1-6(5-13)14-9-8(4-10)7(2)11-12(9)3/h6,13H,4-5,10H2,1-3H3. The molecule has 0 aliphatic heterocycles. The number of nitrogens with zero attached hydrogens (tertiary/aromatic N) is 2. The number of aryl methyl sites for hydroxylation is 2. The van der Waals surface area contributed by atoms with Crippen molar-refractivity contribution >= 4 is 11.8 Å². The SMILES string of the molecule is Cc1nn(C)c(SC(C)CO)c1CN. The largest absolute Gasteiger partial charge is 0.395 e. The van der Waals surface area contributed by atoms with Gasteiger partial charge in [0, 0.05) is 24.4 Å². The fraction of sp³-hybridized carbons (Fsp3) is 0.667. The van der Waals surface area contributed by atoms with Crippen LogP contribution in [-0.2, 0) is 13.6 Å². The molecule has 0 saturated carbocycles. The molecule has 0 aliphatic carbocycles. The van der Waals surface area contributed by atoms with Gasteiger partial charge in [0.05, 0.1) is 17.3 Å². The summed E-state index contributed by atoms with van der Waals surface area (Å²) in [5.74, 6) is 0. The van der Waals surface area contributed by atoms with Crippen molar-refractivity contribution < 1.29 is 5.11 Å². The fourth-order valence-corrected chi connectivity index (χ4v) is 2.31. The number of aliphatic hydroxyl groups excluding tert-OH is 1. The molecule has 0 saturated heterocycles. The third-order valence-electron chi connectivity index (χ3n) is 2.06. The normalized spacial score (nSPS) is 13.2. The third kappa shape index (κ3) is 2.29. The van der Waals surface area contributed by atoms with Gasteiger partial charge in [-0.15, -0.1) is 11.8 Å². The molecule has 80 valence electrons. The Bertz CT molecular complexity index is 311. The molecule has 1 unspecified atom stereocenters. The maximum atomic E-state index is 8.98. The van der Waals surface area contributed by atoms with E-state index in [2.05, 4.69) is 5.10 Å². The molecule has 0 aliphatic rings. The summed E-state index contributed by atoms with van der Waals surface area (Å²) in [7, 11) is 1.90. The van der Waals surface area contributed by atoms with Gasteiger partial charge in [0.25, 0.3) is 0 Å². The smallest absolute Gasteiger partial charge is 0.0987 e. The van der Waals surface area contributed by atoms with Gasteiger partial charge in [0.1, 0.15) is 0 Å². The van der Waals surface area contributed by atoms with E-state index in [0.29, 0.717) is 6.54 Å². The van der Waals surface area contributed by atoms with Gasteiger partial charge in [0.2, 0.25) is 0 Å². The quantitative estimate of drug-likeness (QED) is 0.724. The van der Waals surface area contributed by atoms with E-state index in [1.54, 1.807) is 11.8 Å². The molecule has 0 spiro atoms. The fourth-order valence-electron chi connectivity index (χ4n) is 1.29. The Hall–Kier alpha value is -0.520. The molecular formula is C9H17N3OS. The Morgan fingerprint density at radius 2 is 2.29 bits per heavy atom. The van der Waals surface area contributed by atoms with E-state index in [0.717, 1.165) is 16.3 Å². The lowest BCUT2D eigenvalue weighted by atomic mass is 10.3. The van der Waals surface area contributed by atoms with E-state index >= 15 is 0 Å². The van der Waals surface area contributed by atoms with Crippen molar-refractivity contribution in [1.29, 1.82) is 0 Å². The predicted octanol–water partition coefficient (Wildman–Crippen LogP) is 0.660. The lowest BCUT2D eigenvalue weighted by Gasteiger charge is -2.09. The first-order valence-electron chi connectivity index (χ1n) is 4.60. The number of nitrogens with two attached hydrogens (primary N) is 1. The number of hydrogen-bond donors (Lipinski definition) is 2. The summed E-state index contributed by atoms with van der Waals surface area (Å²) in [6.45, 7) is 4.60. The molecule has 5 heteroatoms. The highest BCUT2D eigenvalue weighted by Gasteiger charge is 2.14. The van der Waals surface area contributed by atoms with Gasteiger partial charge < -0.3 is 10.8 Å². The van der Waals surface area contributed by atoms with Gasteiger partial charge in [-0.2, -0.15) is 5.10 Å². The molecule has 1 rings (SSSR count). The van der Waals surface area contributed by atoms with Crippen molar-refractivity contribution in [3.05, 3.63) is 11.3 Å². The van der Waals surface area contributed by atoms with Crippen LogP contribution in [0.2, 0.25) is 0 Å². The number of aromatic nitrogens is 2. The molecule has 1 heterocycles. The number of rotatable bonds is 4. The third-order valence-corrected chi connectivity index (χ3v) is 3.35. The number of aliphatic hydroxyl groups is 1. The molecule has 1 aromatic rings. The van der Waals surface area contributed by atoms with E-state index in [9.17, 15) is 0 Å². The minimum Gasteiger partial charge on any atom is -0.395 e. The van der Waals surface area contributed by atoms with Crippen molar-refractivity contribution in [1.82, 2.24) is 9.78 Å². The molecule has 14 heavy (non-hydrogen) atoms. The second-order valence-corrected chi connectivity index (χ2v) is 4.74. The highest BCUT2D eigenvalue weighted by Crippen LogP contribution is 2.27. The predicted molar refractivity (Wildman–Crippen MR) is 58.2 cm³/mol. The van der Waals surface area contributed by atoms with Crippen LogP contribution in [0.4, 0.5) is 0 Å². The average molecular weight is 215 g/mol. The van der Waals surface area contributed by atoms with Crippen molar-refractivity contribution in [2.24, 2.45) is 12.8 Å². The van der Waals surface area contributed by atoms with Crippen LogP contribution in [0.25, 0.3) is 0 Å². The topological polar surface area (TPSA) is 64.1 Å². The van der Waals surface area contributed by atoms with E-state index in [-0.39, 0.29) is 11.9 Å². The number of thioether (sulfide) groups is 1. The van der Waals surface area contributed by atoms with Gasteiger partial charge >= 0.3 is 0 Å². The highest BCUT2D eigenvalue weighted by molar-refractivity contribution is 7.99. The molecule has 0 aromatic carbocycles. The number of hydrogen-bond acceptors (Lipinski definition) is 4. The Morgan fingerprint density at radius 3 is 2.79 bits per heavy atom. The van der Waals surface area contributed by atoms with Crippen LogP contribution in [0.15, 0.2) is 5.03 Å². The van der Waals surface area contributed by atoms with Crippen molar-refractivity contribution in [2.75, 3.05) is 6.61 Å². The summed E-state index contributed by atoms with van der Waals surface area (Å²) in [5, 5.41) is 14.5. The first kappa shape index (κ1) is 11.6. The molecular weight excluding hydrogens is 198 g/mol. The summed E-state index contributed by atoms with van der Waals surface area (Å²) in [6.07, 6.45) is 0. The van der Waals surface area contributed by atoms with Crippen LogP contribution >= 0.6 is 11.8 Å². The minimum absolute atomic E-state index is 0.166. The molecule has 0 bridgehead atoms. The monoisotopic (exact) mass is 215 g/mol. The van der Waals surface area contributed by atoms with E-state index < -0.39 is 0 Å². The molecule has 0 fully saturated rings. The van der Waals surface area contributed by atoms with Gasteiger partial charge in [-0.1, -0.05) is 6.92 Å². The Kier molecular flexibility index (Phi) is 3.97. The van der Waals surface area contributed by atoms with Gasteiger partial charge in [-0.25, -0.2) is 0 Å². The van der Waals surface area contributed by atoms with Crippen LogP contribution < -0.4 is 5.73 Å². The van der Waals surface area contributed by atoms with Crippen molar-refractivity contribution in [2.45, 2.75) is 30.7 Å². The summed E-state index contributed by atoms with van der Waals surface area (Å²) < 4.78 is 1.83. The minimum atomic E-state index is 0.166. The lowest BCUT2D eigenvalue weighted by Crippen LogP contribution is -2.06. The van der Waals surface area contributed by atoms with Gasteiger partial charge in [0.15, 0.2) is 0 Å². The Balaban J connectivity index is 2.94. The first-order chi connectivity index (χ1) is 6.60. The summed E-state index contributed by atoms with van der Waals surface area (Å²) in [4.78, 5) is 0. The maximum Gasteiger partial charge on any atom is 0.0987 e. The van der Waals surface area contributed by atoms with Crippen LogP contribution in [0.3, 0.4) is 0 Å². The Labute approximate surface area is 88.5 Å². The van der Waals surface area contributed by atoms with E-state index in [4.69, 9.17) is 10.8 Å². The second-order valence-electron chi connectivity index (χ2n) is 3.31. The second kappa shape index (κ2) is 4.82. The molecule has 1 aromatic heterocycles. The van der Waals surface area contributed by atoms with Gasteiger partial charge in [-0.05, 0) is 6.92 Å². The Morgan fingerprint density at radius 1 is 1.64 bits per heavy atom. The molecule has 4 nitrogen and oxygen atoms in total. The first-order valence-corrected chi connectivity index (χ1v) is 5.48. The highest BCUT2D eigenvalue weighted by atomic mass is 32.2. The van der Waals surface area contributed by atoms with Crippen molar-refractivity contribution in [3.8, 4) is 0 Å². The molecule has 0 amide bonds. The molecule has 3 N–H and O–H groups in total. The molecule has 0 radical (unpaired) electrons. The summed E-state index contributed by atoms with van der Waals surface area (Å²) >= 11 is 1.61. The zero-order chi connectivity index (χ0) is 10.7. The summed E-state index contributed by atoms with van der Waals surface area (Å²) in [6, 6.07) is 0. The van der Waals surface area contributed by atoms with Crippen LogP contribution in [0.1, 0.15) is 18.2 Å². The van der Waals surface area contributed by atoms with Crippen molar-refractivity contribution in [3.63, 3.8) is 0 Å². The maximum absolute atomic E-state index is 8.98. The zero-order valence-corrected chi connectivity index (χ0v) is 9.64. The van der Waals surface area contributed by atoms with Crippen LogP contribution in [0, 0.1) is 6.92 Å². The average Bonchev–Trinajstić information content (AvgIpc) is 2.41. The summed E-state index contributed by atoms with van der Waals surface area (Å²) in [5.41, 5.74) is 7.71. The van der Waals surface area contributed by atoms with E-state index in [1.807, 2.05) is 25.6 Å². The van der Waals surface area contributed by atoms with Crippen LogP contribution in [0.5, 0.6) is 0 Å². The molecule has 1 atom stereocenters. The van der Waals surface area contributed by atoms with Crippen LogP contribution in [-0.4, -0.2) is 26.7 Å². The lowest BCUT2D eigenvalue weighted by molar-refractivity contribution is 0.300.